The number of halogens is 1. The second-order valence-electron chi connectivity index (χ2n) is 6.51. The summed E-state index contributed by atoms with van der Waals surface area (Å²) in [5.41, 5.74) is 4.79. The van der Waals surface area contributed by atoms with E-state index in [1.54, 1.807) is 22.8 Å². The van der Waals surface area contributed by atoms with E-state index < -0.39 is 0 Å². The van der Waals surface area contributed by atoms with Crippen LogP contribution in [-0.4, -0.2) is 37.4 Å². The Hall–Kier alpha value is -2.41. The summed E-state index contributed by atoms with van der Waals surface area (Å²) < 4.78 is 4.63. The first-order valence-corrected chi connectivity index (χ1v) is 9.16. The highest BCUT2D eigenvalue weighted by Crippen LogP contribution is 2.18. The van der Waals surface area contributed by atoms with Gasteiger partial charge >= 0.3 is 0 Å². The minimum atomic E-state index is -0.0201. The molecule has 0 saturated carbocycles. The first kappa shape index (κ1) is 18.4. The van der Waals surface area contributed by atoms with E-state index in [1.165, 1.54) is 0 Å². The van der Waals surface area contributed by atoms with Crippen LogP contribution < -0.4 is 0 Å². The average Bonchev–Trinajstić information content (AvgIpc) is 3.09. The maximum atomic E-state index is 12.8. The lowest BCUT2D eigenvalue weighted by Crippen LogP contribution is -2.27. The van der Waals surface area contributed by atoms with Crippen molar-refractivity contribution < 1.29 is 4.79 Å². The first-order chi connectivity index (χ1) is 12.3. The van der Waals surface area contributed by atoms with Gasteiger partial charge in [-0.05, 0) is 53.5 Å². The Morgan fingerprint density at radius 2 is 2.04 bits per heavy atom. The van der Waals surface area contributed by atoms with Crippen LogP contribution in [-0.2, 0) is 20.1 Å². The standard InChI is InChI=1S/C19H22BrN5O/c1-13-8-14(2)25(22-13)11-15-6-5-7-16(9-15)19(26)23(3)12-18-17(20)10-21-24(18)4/h5-10H,11-12H2,1-4H3. The van der Waals surface area contributed by atoms with Gasteiger partial charge in [-0.2, -0.15) is 10.2 Å². The highest BCUT2D eigenvalue weighted by atomic mass is 79.9. The van der Waals surface area contributed by atoms with Gasteiger partial charge in [-0.15, -0.1) is 0 Å². The highest BCUT2D eigenvalue weighted by molar-refractivity contribution is 9.10. The van der Waals surface area contributed by atoms with Crippen LogP contribution >= 0.6 is 15.9 Å². The quantitative estimate of drug-likeness (QED) is 0.641. The van der Waals surface area contributed by atoms with Gasteiger partial charge in [0.1, 0.15) is 0 Å². The van der Waals surface area contributed by atoms with Crippen molar-refractivity contribution in [1.82, 2.24) is 24.5 Å². The summed E-state index contributed by atoms with van der Waals surface area (Å²) in [5, 5.41) is 8.69. The Morgan fingerprint density at radius 3 is 2.65 bits per heavy atom. The fourth-order valence-electron chi connectivity index (χ4n) is 2.94. The lowest BCUT2D eigenvalue weighted by molar-refractivity contribution is 0.0781. The van der Waals surface area contributed by atoms with E-state index in [2.05, 4.69) is 32.2 Å². The lowest BCUT2D eigenvalue weighted by atomic mass is 10.1. The summed E-state index contributed by atoms with van der Waals surface area (Å²) in [6, 6.07) is 9.77. The fourth-order valence-corrected chi connectivity index (χ4v) is 3.41. The number of hydrogen-bond acceptors (Lipinski definition) is 3. The van der Waals surface area contributed by atoms with Gasteiger partial charge in [0.25, 0.3) is 5.91 Å². The SMILES string of the molecule is Cc1cc(C)n(Cc2cccc(C(=O)N(C)Cc3c(Br)cnn3C)c2)n1. The number of amides is 1. The number of rotatable bonds is 5. The molecule has 2 heterocycles. The molecule has 7 heteroatoms. The van der Waals surface area contributed by atoms with Crippen LogP contribution in [0.2, 0.25) is 0 Å². The summed E-state index contributed by atoms with van der Waals surface area (Å²) in [7, 11) is 3.67. The van der Waals surface area contributed by atoms with E-state index in [9.17, 15) is 4.79 Å². The average molecular weight is 416 g/mol. The number of carbonyl (C=O) groups is 1. The van der Waals surface area contributed by atoms with Crippen molar-refractivity contribution in [1.29, 1.82) is 0 Å². The molecule has 0 fully saturated rings. The zero-order valence-electron chi connectivity index (χ0n) is 15.4. The molecule has 1 amide bonds. The number of aryl methyl sites for hydroxylation is 3. The van der Waals surface area contributed by atoms with Crippen molar-refractivity contribution in [2.75, 3.05) is 7.05 Å². The van der Waals surface area contributed by atoms with E-state index in [0.29, 0.717) is 18.7 Å². The molecule has 0 saturated heterocycles. The molecule has 0 N–H and O–H groups in total. The predicted octanol–water partition coefficient (Wildman–Crippen LogP) is 3.32. The third-order valence-electron chi connectivity index (χ3n) is 4.35. The van der Waals surface area contributed by atoms with Crippen LogP contribution in [0.4, 0.5) is 0 Å². The summed E-state index contributed by atoms with van der Waals surface area (Å²) in [5.74, 6) is -0.0201. The molecule has 0 unspecified atom stereocenters. The molecular formula is C19H22BrN5O. The van der Waals surface area contributed by atoms with Crippen LogP contribution in [0.15, 0.2) is 41.0 Å². The van der Waals surface area contributed by atoms with Crippen LogP contribution in [0.5, 0.6) is 0 Å². The monoisotopic (exact) mass is 415 g/mol. The van der Waals surface area contributed by atoms with Crippen molar-refractivity contribution in [2.24, 2.45) is 7.05 Å². The molecule has 1 aromatic carbocycles. The van der Waals surface area contributed by atoms with Gasteiger partial charge in [0.2, 0.25) is 0 Å². The van der Waals surface area contributed by atoms with Crippen molar-refractivity contribution in [3.63, 3.8) is 0 Å². The maximum Gasteiger partial charge on any atom is 0.253 e. The van der Waals surface area contributed by atoms with Crippen molar-refractivity contribution in [2.45, 2.75) is 26.9 Å². The molecule has 3 aromatic rings. The lowest BCUT2D eigenvalue weighted by Gasteiger charge is -2.18. The van der Waals surface area contributed by atoms with E-state index in [-0.39, 0.29) is 5.91 Å². The minimum Gasteiger partial charge on any atom is -0.336 e. The molecular weight excluding hydrogens is 394 g/mol. The third-order valence-corrected chi connectivity index (χ3v) is 5.02. The molecule has 0 atom stereocenters. The molecule has 0 aliphatic rings. The van der Waals surface area contributed by atoms with Gasteiger partial charge in [0.15, 0.2) is 0 Å². The maximum absolute atomic E-state index is 12.8. The molecule has 6 nitrogen and oxygen atoms in total. The van der Waals surface area contributed by atoms with Crippen molar-refractivity contribution >= 4 is 21.8 Å². The third kappa shape index (κ3) is 3.88. The van der Waals surface area contributed by atoms with Crippen LogP contribution in [0.1, 0.15) is 33.0 Å². The molecule has 136 valence electrons. The highest BCUT2D eigenvalue weighted by Gasteiger charge is 2.16. The molecule has 0 radical (unpaired) electrons. The van der Waals surface area contributed by atoms with E-state index in [0.717, 1.165) is 27.1 Å². The van der Waals surface area contributed by atoms with Gasteiger partial charge in [0.05, 0.1) is 35.1 Å². The molecule has 0 bridgehead atoms. The Labute approximate surface area is 161 Å². The molecule has 26 heavy (non-hydrogen) atoms. The topological polar surface area (TPSA) is 56.0 Å². The smallest absolute Gasteiger partial charge is 0.253 e. The van der Waals surface area contributed by atoms with Crippen LogP contribution in [0, 0.1) is 13.8 Å². The normalized spacial score (nSPS) is 11.0. The second-order valence-corrected chi connectivity index (χ2v) is 7.36. The van der Waals surface area contributed by atoms with Gasteiger partial charge in [0, 0.05) is 25.4 Å². The Morgan fingerprint density at radius 1 is 1.27 bits per heavy atom. The second kappa shape index (κ2) is 7.45. The van der Waals surface area contributed by atoms with Crippen molar-refractivity contribution in [3.8, 4) is 0 Å². The van der Waals surface area contributed by atoms with E-state index in [1.807, 2.05) is 49.8 Å². The summed E-state index contributed by atoms with van der Waals surface area (Å²) >= 11 is 3.48. The number of hydrogen-bond donors (Lipinski definition) is 0. The van der Waals surface area contributed by atoms with Crippen LogP contribution in [0.3, 0.4) is 0 Å². The van der Waals surface area contributed by atoms with E-state index >= 15 is 0 Å². The molecule has 0 spiro atoms. The summed E-state index contributed by atoms with van der Waals surface area (Å²) in [6.07, 6.45) is 1.74. The van der Waals surface area contributed by atoms with Crippen molar-refractivity contribution in [3.05, 3.63) is 69.2 Å². The largest absolute Gasteiger partial charge is 0.336 e. The number of nitrogens with zero attached hydrogens (tertiary/aromatic N) is 5. The fraction of sp³-hybridized carbons (Fsp3) is 0.316. The Kier molecular flexibility index (Phi) is 5.27. The van der Waals surface area contributed by atoms with Crippen LogP contribution in [0.25, 0.3) is 0 Å². The predicted molar refractivity (Wildman–Crippen MR) is 104 cm³/mol. The molecule has 3 rings (SSSR count). The molecule has 0 aliphatic carbocycles. The van der Waals surface area contributed by atoms with Gasteiger partial charge in [-0.3, -0.25) is 14.2 Å². The van der Waals surface area contributed by atoms with E-state index in [4.69, 9.17) is 0 Å². The number of benzene rings is 1. The molecule has 2 aromatic heterocycles. The summed E-state index contributed by atoms with van der Waals surface area (Å²) in [4.78, 5) is 14.5. The Balaban J connectivity index is 1.76. The number of aromatic nitrogens is 4. The molecule has 0 aliphatic heterocycles. The number of carbonyl (C=O) groups excluding carboxylic acids is 1. The first-order valence-electron chi connectivity index (χ1n) is 8.37. The Bertz CT molecular complexity index is 924. The van der Waals surface area contributed by atoms with Gasteiger partial charge < -0.3 is 4.90 Å². The minimum absolute atomic E-state index is 0.0201. The summed E-state index contributed by atoms with van der Waals surface area (Å²) in [6.45, 7) is 5.15. The van der Waals surface area contributed by atoms with Gasteiger partial charge in [-0.25, -0.2) is 0 Å². The zero-order valence-corrected chi connectivity index (χ0v) is 17.0. The zero-order chi connectivity index (χ0) is 18.8. The van der Waals surface area contributed by atoms with Gasteiger partial charge in [-0.1, -0.05) is 12.1 Å².